The largest absolute Gasteiger partial charge is 0.344 e. The molecule has 118 valence electrons. The van der Waals surface area contributed by atoms with Crippen molar-refractivity contribution >= 4 is 5.91 Å². The lowest BCUT2D eigenvalue weighted by Crippen LogP contribution is -2.55. The highest BCUT2D eigenvalue weighted by Crippen LogP contribution is 2.15. The predicted octanol–water partition coefficient (Wildman–Crippen LogP) is 1.43. The molecule has 0 radical (unpaired) electrons. The van der Waals surface area contributed by atoms with Crippen LogP contribution in [-0.2, 0) is 6.54 Å². The van der Waals surface area contributed by atoms with Crippen molar-refractivity contribution in [3.05, 3.63) is 47.8 Å². The molecule has 6 nitrogen and oxygen atoms in total. The third kappa shape index (κ3) is 3.71. The first-order valence-corrected chi connectivity index (χ1v) is 7.41. The molecule has 0 aliphatic carbocycles. The van der Waals surface area contributed by atoms with Crippen LogP contribution in [0, 0.1) is 5.92 Å². The molecule has 6 heteroatoms. The van der Waals surface area contributed by atoms with Crippen LogP contribution < -0.4 is 11.1 Å². The second-order valence-corrected chi connectivity index (χ2v) is 6.02. The van der Waals surface area contributed by atoms with Crippen molar-refractivity contribution in [1.82, 2.24) is 20.3 Å². The van der Waals surface area contributed by atoms with Gasteiger partial charge in [0.25, 0.3) is 5.91 Å². The van der Waals surface area contributed by atoms with E-state index in [1.165, 1.54) is 0 Å². The lowest BCUT2D eigenvalue weighted by atomic mass is 9.88. The van der Waals surface area contributed by atoms with Crippen LogP contribution in [0.2, 0.25) is 0 Å². The van der Waals surface area contributed by atoms with E-state index >= 15 is 0 Å². The molecule has 1 aromatic heterocycles. The average Bonchev–Trinajstić information content (AvgIpc) is 2.96. The Morgan fingerprint density at radius 2 is 2.05 bits per heavy atom. The van der Waals surface area contributed by atoms with Crippen molar-refractivity contribution in [2.24, 2.45) is 11.7 Å². The highest BCUT2D eigenvalue weighted by molar-refractivity contribution is 5.92. The molecule has 1 atom stereocenters. The number of aromatic nitrogens is 3. The molecule has 2 rings (SSSR count). The summed E-state index contributed by atoms with van der Waals surface area (Å²) < 4.78 is 1.65. The molecular weight excluding hydrogens is 278 g/mol. The van der Waals surface area contributed by atoms with Crippen molar-refractivity contribution in [3.8, 4) is 0 Å². The molecule has 3 N–H and O–H groups in total. The van der Waals surface area contributed by atoms with E-state index in [9.17, 15) is 4.79 Å². The number of carbonyl (C=O) groups is 1. The van der Waals surface area contributed by atoms with E-state index < -0.39 is 5.54 Å². The standard InChI is InChI=1S/C16H23N5O/c1-12(2)16(3,11-17)18-15(22)14-10-21(20-19-14)9-13-7-5-4-6-8-13/h4-8,10,12H,9,11,17H2,1-3H3,(H,18,22). The number of carbonyl (C=O) groups excluding carboxylic acids is 1. The van der Waals surface area contributed by atoms with Crippen molar-refractivity contribution in [1.29, 1.82) is 0 Å². The third-order valence-corrected chi connectivity index (χ3v) is 4.06. The van der Waals surface area contributed by atoms with E-state index in [0.717, 1.165) is 5.56 Å². The Morgan fingerprint density at radius 3 is 2.64 bits per heavy atom. The second-order valence-electron chi connectivity index (χ2n) is 6.02. The smallest absolute Gasteiger partial charge is 0.273 e. The second kappa shape index (κ2) is 6.70. The van der Waals surface area contributed by atoms with Gasteiger partial charge < -0.3 is 11.1 Å². The van der Waals surface area contributed by atoms with E-state index in [1.54, 1.807) is 10.9 Å². The SMILES string of the molecule is CC(C)C(C)(CN)NC(=O)c1cn(Cc2ccccc2)nn1. The van der Waals surface area contributed by atoms with Crippen LogP contribution in [0.1, 0.15) is 36.8 Å². The van der Waals surface area contributed by atoms with Crippen LogP contribution in [0.3, 0.4) is 0 Å². The summed E-state index contributed by atoms with van der Waals surface area (Å²) in [5, 5.41) is 10.9. The molecular formula is C16H23N5O. The van der Waals surface area contributed by atoms with Gasteiger partial charge in [0.05, 0.1) is 18.3 Å². The molecule has 1 unspecified atom stereocenters. The molecule has 22 heavy (non-hydrogen) atoms. The van der Waals surface area contributed by atoms with Crippen LogP contribution in [0.15, 0.2) is 36.5 Å². The molecule has 1 aromatic carbocycles. The Morgan fingerprint density at radius 1 is 1.36 bits per heavy atom. The lowest BCUT2D eigenvalue weighted by molar-refractivity contribution is 0.0878. The number of hydrogen-bond acceptors (Lipinski definition) is 4. The fourth-order valence-electron chi connectivity index (χ4n) is 2.00. The van der Waals surface area contributed by atoms with Crippen molar-refractivity contribution in [2.45, 2.75) is 32.9 Å². The first-order valence-electron chi connectivity index (χ1n) is 7.41. The van der Waals surface area contributed by atoms with Gasteiger partial charge in [-0.3, -0.25) is 4.79 Å². The van der Waals surface area contributed by atoms with Gasteiger partial charge in [-0.25, -0.2) is 4.68 Å². The number of nitrogens with one attached hydrogen (secondary N) is 1. The minimum absolute atomic E-state index is 0.223. The van der Waals surface area contributed by atoms with Gasteiger partial charge in [0.2, 0.25) is 0 Å². The maximum absolute atomic E-state index is 12.3. The van der Waals surface area contributed by atoms with E-state index in [-0.39, 0.29) is 11.8 Å². The van der Waals surface area contributed by atoms with Gasteiger partial charge >= 0.3 is 0 Å². The Hall–Kier alpha value is -2.21. The number of nitrogens with two attached hydrogens (primary N) is 1. The van der Waals surface area contributed by atoms with Crippen LogP contribution in [-0.4, -0.2) is 33.0 Å². The van der Waals surface area contributed by atoms with Gasteiger partial charge in [-0.05, 0) is 18.4 Å². The fourth-order valence-corrected chi connectivity index (χ4v) is 2.00. The van der Waals surface area contributed by atoms with Gasteiger partial charge in [0, 0.05) is 6.54 Å². The highest BCUT2D eigenvalue weighted by Gasteiger charge is 2.29. The topological polar surface area (TPSA) is 85.8 Å². The molecule has 0 spiro atoms. The Bertz CT molecular complexity index is 622. The van der Waals surface area contributed by atoms with Gasteiger partial charge in [-0.1, -0.05) is 49.4 Å². The summed E-state index contributed by atoms with van der Waals surface area (Å²) in [6.07, 6.45) is 1.65. The van der Waals surface area contributed by atoms with Crippen molar-refractivity contribution < 1.29 is 4.79 Å². The van der Waals surface area contributed by atoms with Gasteiger partial charge in [-0.2, -0.15) is 0 Å². The van der Waals surface area contributed by atoms with Gasteiger partial charge in [0.1, 0.15) is 0 Å². The minimum Gasteiger partial charge on any atom is -0.344 e. The van der Waals surface area contributed by atoms with E-state index in [4.69, 9.17) is 5.73 Å². The Labute approximate surface area is 130 Å². The van der Waals surface area contributed by atoms with Crippen molar-refractivity contribution in [3.63, 3.8) is 0 Å². The maximum Gasteiger partial charge on any atom is 0.273 e. The van der Waals surface area contributed by atoms with Gasteiger partial charge in [-0.15, -0.1) is 5.10 Å². The van der Waals surface area contributed by atoms with Crippen LogP contribution in [0.25, 0.3) is 0 Å². The van der Waals surface area contributed by atoms with E-state index in [2.05, 4.69) is 15.6 Å². The summed E-state index contributed by atoms with van der Waals surface area (Å²) in [4.78, 5) is 12.3. The zero-order valence-corrected chi connectivity index (χ0v) is 13.3. The summed E-state index contributed by atoms with van der Waals surface area (Å²) in [5.74, 6) is -0.0261. The number of hydrogen-bond donors (Lipinski definition) is 2. The molecule has 0 saturated heterocycles. The molecule has 1 heterocycles. The number of nitrogens with zero attached hydrogens (tertiary/aromatic N) is 3. The summed E-state index contributed by atoms with van der Waals surface area (Å²) in [6, 6.07) is 9.91. The normalized spacial score (nSPS) is 13.9. The Kier molecular flexibility index (Phi) is 4.92. The minimum atomic E-state index is -0.458. The summed E-state index contributed by atoms with van der Waals surface area (Å²) in [5.41, 5.74) is 6.73. The van der Waals surface area contributed by atoms with Crippen LogP contribution in [0.5, 0.6) is 0 Å². The zero-order chi connectivity index (χ0) is 16.2. The number of benzene rings is 1. The summed E-state index contributed by atoms with van der Waals surface area (Å²) >= 11 is 0. The molecule has 0 aliphatic heterocycles. The highest BCUT2D eigenvalue weighted by atomic mass is 16.2. The van der Waals surface area contributed by atoms with Crippen LogP contribution >= 0.6 is 0 Å². The summed E-state index contributed by atoms with van der Waals surface area (Å²) in [7, 11) is 0. The van der Waals surface area contributed by atoms with E-state index in [0.29, 0.717) is 18.8 Å². The van der Waals surface area contributed by atoms with Gasteiger partial charge in [0.15, 0.2) is 5.69 Å². The van der Waals surface area contributed by atoms with Crippen molar-refractivity contribution in [2.75, 3.05) is 6.54 Å². The monoisotopic (exact) mass is 301 g/mol. The average molecular weight is 301 g/mol. The predicted molar refractivity (Wildman–Crippen MR) is 85.3 cm³/mol. The number of rotatable bonds is 6. The maximum atomic E-state index is 12.3. The fraction of sp³-hybridized carbons (Fsp3) is 0.438. The lowest BCUT2D eigenvalue weighted by Gasteiger charge is -2.33. The molecule has 0 fully saturated rings. The Balaban J connectivity index is 2.06. The quantitative estimate of drug-likeness (QED) is 0.845. The molecule has 0 aliphatic rings. The first kappa shape index (κ1) is 16.2. The third-order valence-electron chi connectivity index (χ3n) is 4.06. The van der Waals surface area contributed by atoms with Crippen LogP contribution in [0.4, 0.5) is 0 Å². The number of amides is 1. The summed E-state index contributed by atoms with van der Waals surface area (Å²) in [6.45, 7) is 6.94. The van der Waals surface area contributed by atoms with E-state index in [1.807, 2.05) is 51.1 Å². The molecule has 0 bridgehead atoms. The molecule has 1 amide bonds. The molecule has 2 aromatic rings. The molecule has 0 saturated carbocycles. The first-order chi connectivity index (χ1) is 10.4. The zero-order valence-electron chi connectivity index (χ0n) is 13.3.